The smallest absolute Gasteiger partial charge is 0.254 e. The van der Waals surface area contributed by atoms with Crippen LogP contribution in [-0.4, -0.2) is 35.3 Å². The molecule has 1 aromatic heterocycles. The molecule has 0 radical (unpaired) electrons. The highest BCUT2D eigenvalue weighted by Gasteiger charge is 2.27. The van der Waals surface area contributed by atoms with Gasteiger partial charge in [0.2, 0.25) is 15.0 Å². The number of carbonyl (C=O) groups is 1. The Bertz CT molecular complexity index is 1270. The number of benzene rings is 2. The number of carbonyl (C=O) groups excluding carboxylic acids is 1. The zero-order valence-corrected chi connectivity index (χ0v) is 22.0. The first-order valence-electron chi connectivity index (χ1n) is 11.1. The SMILES string of the molecule is CC(C)CN(Cc1cnc(S(=O)(=O)Cc2cccc(Cl)c2)n1C(C)C)C(=O)c1cccc(Cl)c1. The van der Waals surface area contributed by atoms with E-state index >= 15 is 0 Å². The van der Waals surface area contributed by atoms with Gasteiger partial charge in [0, 0.05) is 28.2 Å². The number of amides is 1. The lowest BCUT2D eigenvalue weighted by atomic mass is 10.1. The first-order chi connectivity index (χ1) is 16.0. The Kier molecular flexibility index (Phi) is 8.44. The maximum absolute atomic E-state index is 13.3. The van der Waals surface area contributed by atoms with Gasteiger partial charge in [-0.25, -0.2) is 13.4 Å². The van der Waals surface area contributed by atoms with Gasteiger partial charge in [-0.15, -0.1) is 0 Å². The summed E-state index contributed by atoms with van der Waals surface area (Å²) in [6.45, 7) is 8.57. The zero-order valence-electron chi connectivity index (χ0n) is 19.7. The maximum atomic E-state index is 13.3. The van der Waals surface area contributed by atoms with Crippen molar-refractivity contribution in [1.82, 2.24) is 14.5 Å². The molecule has 0 aliphatic carbocycles. The molecule has 0 fully saturated rings. The van der Waals surface area contributed by atoms with Crippen LogP contribution in [0, 0.1) is 5.92 Å². The molecule has 182 valence electrons. The quantitative estimate of drug-likeness (QED) is 0.343. The number of hydrogen-bond acceptors (Lipinski definition) is 4. The van der Waals surface area contributed by atoms with Crippen LogP contribution in [0.15, 0.2) is 59.9 Å². The molecule has 0 bridgehead atoms. The van der Waals surface area contributed by atoms with E-state index < -0.39 is 9.84 Å². The zero-order chi connectivity index (χ0) is 25.0. The summed E-state index contributed by atoms with van der Waals surface area (Å²) >= 11 is 12.1. The van der Waals surface area contributed by atoms with Gasteiger partial charge in [-0.05, 0) is 55.7 Å². The van der Waals surface area contributed by atoms with Crippen LogP contribution in [0.2, 0.25) is 10.0 Å². The van der Waals surface area contributed by atoms with Gasteiger partial charge in [-0.2, -0.15) is 0 Å². The van der Waals surface area contributed by atoms with Crippen LogP contribution in [0.4, 0.5) is 0 Å². The second kappa shape index (κ2) is 10.9. The topological polar surface area (TPSA) is 72.3 Å². The van der Waals surface area contributed by atoms with E-state index in [-0.39, 0.29) is 35.3 Å². The van der Waals surface area contributed by atoms with Crippen LogP contribution in [0.25, 0.3) is 0 Å². The van der Waals surface area contributed by atoms with E-state index in [1.54, 1.807) is 64.2 Å². The van der Waals surface area contributed by atoms with E-state index in [1.807, 2.05) is 27.7 Å². The number of hydrogen-bond donors (Lipinski definition) is 0. The number of imidazole rings is 1. The normalized spacial score (nSPS) is 11.9. The number of rotatable bonds is 9. The standard InChI is InChI=1S/C25H29Cl2N3O3S/c1-17(2)14-29(24(31)20-8-6-10-22(27)12-20)15-23-13-28-25(30(23)18(3)4)34(32,33)16-19-7-5-9-21(26)11-19/h5-13,17-18H,14-16H2,1-4H3. The van der Waals surface area contributed by atoms with E-state index in [2.05, 4.69) is 4.98 Å². The highest BCUT2D eigenvalue weighted by molar-refractivity contribution is 7.90. The van der Waals surface area contributed by atoms with Crippen LogP contribution in [0.5, 0.6) is 0 Å². The largest absolute Gasteiger partial charge is 0.333 e. The van der Waals surface area contributed by atoms with Gasteiger partial charge in [0.05, 0.1) is 24.2 Å². The number of sulfone groups is 1. The lowest BCUT2D eigenvalue weighted by Gasteiger charge is -2.26. The fourth-order valence-electron chi connectivity index (χ4n) is 3.85. The molecule has 0 saturated heterocycles. The van der Waals surface area contributed by atoms with Crippen LogP contribution in [0.1, 0.15) is 55.4 Å². The van der Waals surface area contributed by atoms with E-state index in [0.29, 0.717) is 33.4 Å². The molecule has 0 aliphatic rings. The van der Waals surface area contributed by atoms with Crippen molar-refractivity contribution in [2.24, 2.45) is 5.92 Å². The minimum atomic E-state index is -3.75. The molecule has 9 heteroatoms. The highest BCUT2D eigenvalue weighted by Crippen LogP contribution is 2.24. The predicted molar refractivity (Wildman–Crippen MR) is 136 cm³/mol. The Morgan fingerprint density at radius 3 is 2.26 bits per heavy atom. The third-order valence-electron chi connectivity index (χ3n) is 5.18. The Balaban J connectivity index is 1.96. The molecule has 34 heavy (non-hydrogen) atoms. The van der Waals surface area contributed by atoms with Crippen LogP contribution in [-0.2, 0) is 22.1 Å². The van der Waals surface area contributed by atoms with Crippen molar-refractivity contribution in [2.75, 3.05) is 6.54 Å². The van der Waals surface area contributed by atoms with Crippen molar-refractivity contribution in [3.8, 4) is 0 Å². The average molecular weight is 522 g/mol. The molecule has 0 atom stereocenters. The van der Waals surface area contributed by atoms with Gasteiger partial charge in [0.25, 0.3) is 5.91 Å². The number of aromatic nitrogens is 2. The molecular formula is C25H29Cl2N3O3S. The summed E-state index contributed by atoms with van der Waals surface area (Å²) in [5, 5.41) is 0.943. The third kappa shape index (κ3) is 6.40. The van der Waals surface area contributed by atoms with Crippen molar-refractivity contribution in [3.05, 3.63) is 81.6 Å². The first-order valence-corrected chi connectivity index (χ1v) is 13.5. The minimum Gasteiger partial charge on any atom is -0.333 e. The van der Waals surface area contributed by atoms with E-state index in [9.17, 15) is 13.2 Å². The van der Waals surface area contributed by atoms with Gasteiger partial charge in [0.15, 0.2) is 0 Å². The highest BCUT2D eigenvalue weighted by atomic mass is 35.5. The Hall–Kier alpha value is -2.35. The van der Waals surface area contributed by atoms with Crippen molar-refractivity contribution < 1.29 is 13.2 Å². The van der Waals surface area contributed by atoms with Gasteiger partial charge < -0.3 is 9.47 Å². The summed E-state index contributed by atoms with van der Waals surface area (Å²) in [5.74, 6) is -0.172. The second-order valence-corrected chi connectivity index (χ2v) is 11.7. The molecule has 6 nitrogen and oxygen atoms in total. The predicted octanol–water partition coefficient (Wildman–Crippen LogP) is 6.04. The molecule has 0 spiro atoms. The molecule has 0 N–H and O–H groups in total. The van der Waals surface area contributed by atoms with Gasteiger partial charge in [-0.1, -0.05) is 55.2 Å². The Labute approximate surface area is 211 Å². The summed E-state index contributed by atoms with van der Waals surface area (Å²) in [5.41, 5.74) is 1.72. The van der Waals surface area contributed by atoms with E-state index in [4.69, 9.17) is 23.2 Å². The average Bonchev–Trinajstić information content (AvgIpc) is 3.17. The molecule has 2 aromatic carbocycles. The summed E-state index contributed by atoms with van der Waals surface area (Å²) < 4.78 is 28.3. The molecule has 3 rings (SSSR count). The van der Waals surface area contributed by atoms with Crippen LogP contribution >= 0.6 is 23.2 Å². The summed E-state index contributed by atoms with van der Waals surface area (Å²) in [7, 11) is -3.75. The van der Waals surface area contributed by atoms with E-state index in [1.165, 1.54) is 0 Å². The lowest BCUT2D eigenvalue weighted by molar-refractivity contribution is 0.0717. The molecular weight excluding hydrogens is 493 g/mol. The fraction of sp³-hybridized carbons (Fsp3) is 0.360. The van der Waals surface area contributed by atoms with Crippen molar-refractivity contribution in [2.45, 2.75) is 51.2 Å². The van der Waals surface area contributed by atoms with Crippen molar-refractivity contribution >= 4 is 38.9 Å². The van der Waals surface area contributed by atoms with E-state index in [0.717, 1.165) is 0 Å². The Morgan fingerprint density at radius 2 is 1.68 bits per heavy atom. The number of nitrogens with zero attached hydrogens (tertiary/aromatic N) is 3. The summed E-state index contributed by atoms with van der Waals surface area (Å²) in [6, 6.07) is 13.4. The summed E-state index contributed by atoms with van der Waals surface area (Å²) in [6.07, 6.45) is 1.55. The monoisotopic (exact) mass is 521 g/mol. The molecule has 1 heterocycles. The first kappa shape index (κ1) is 26.3. The molecule has 3 aromatic rings. The van der Waals surface area contributed by atoms with Crippen molar-refractivity contribution in [1.29, 1.82) is 0 Å². The minimum absolute atomic E-state index is 0.0165. The number of halogens is 2. The van der Waals surface area contributed by atoms with Crippen LogP contribution < -0.4 is 0 Å². The Morgan fingerprint density at radius 1 is 1.03 bits per heavy atom. The van der Waals surface area contributed by atoms with Gasteiger partial charge in [0.1, 0.15) is 0 Å². The van der Waals surface area contributed by atoms with Crippen molar-refractivity contribution in [3.63, 3.8) is 0 Å². The molecule has 0 unspecified atom stereocenters. The van der Waals surface area contributed by atoms with Crippen LogP contribution in [0.3, 0.4) is 0 Å². The lowest BCUT2D eigenvalue weighted by Crippen LogP contribution is -2.34. The van der Waals surface area contributed by atoms with Gasteiger partial charge in [-0.3, -0.25) is 4.79 Å². The molecule has 0 saturated carbocycles. The maximum Gasteiger partial charge on any atom is 0.254 e. The summed E-state index contributed by atoms with van der Waals surface area (Å²) in [4.78, 5) is 19.3. The molecule has 0 aliphatic heterocycles. The third-order valence-corrected chi connectivity index (χ3v) is 7.22. The second-order valence-electron chi connectivity index (χ2n) is 8.97. The molecule has 1 amide bonds. The van der Waals surface area contributed by atoms with Gasteiger partial charge >= 0.3 is 0 Å². The fourth-order valence-corrected chi connectivity index (χ4v) is 5.84.